The maximum absolute atomic E-state index is 10.2. The van der Waals surface area contributed by atoms with Gasteiger partial charge in [0.05, 0.1) is 6.54 Å². The first kappa shape index (κ1) is 13.7. The van der Waals surface area contributed by atoms with Crippen LogP contribution in [0.2, 0.25) is 0 Å². The van der Waals surface area contributed by atoms with Crippen LogP contribution in [0.15, 0.2) is 54.6 Å². The summed E-state index contributed by atoms with van der Waals surface area (Å²) in [4.78, 5) is 10.2. The summed E-state index contributed by atoms with van der Waals surface area (Å²) in [7, 11) is 0. The van der Waals surface area contributed by atoms with Crippen LogP contribution in [-0.2, 0) is 0 Å². The summed E-state index contributed by atoms with van der Waals surface area (Å²) in [6, 6.07) is 16.6. The average molecular weight is 273 g/mol. The summed E-state index contributed by atoms with van der Waals surface area (Å²) < 4.78 is 11.0. The number of amides is 1. The summed E-state index contributed by atoms with van der Waals surface area (Å²) in [5.41, 5.74) is 0. The van der Waals surface area contributed by atoms with E-state index in [4.69, 9.17) is 14.6 Å². The summed E-state index contributed by atoms with van der Waals surface area (Å²) in [5, 5.41) is 10.6. The minimum atomic E-state index is -1.06. The van der Waals surface area contributed by atoms with Gasteiger partial charge in [-0.15, -0.1) is 0 Å². The molecule has 2 rings (SSSR count). The maximum Gasteiger partial charge on any atom is 0.404 e. The molecule has 0 radical (unpaired) electrons. The van der Waals surface area contributed by atoms with Crippen molar-refractivity contribution in [2.24, 2.45) is 0 Å². The molecular formula is C15H15NO4. The zero-order valence-electron chi connectivity index (χ0n) is 10.8. The Bertz CT molecular complexity index is 540. The van der Waals surface area contributed by atoms with Crippen molar-refractivity contribution in [3.05, 3.63) is 54.6 Å². The highest BCUT2D eigenvalue weighted by Gasteiger charge is 1.99. The van der Waals surface area contributed by atoms with E-state index >= 15 is 0 Å². The van der Waals surface area contributed by atoms with Crippen molar-refractivity contribution in [1.82, 2.24) is 5.32 Å². The number of para-hydroxylation sites is 1. The molecule has 104 valence electrons. The van der Waals surface area contributed by atoms with Gasteiger partial charge in [0.1, 0.15) is 23.9 Å². The van der Waals surface area contributed by atoms with Crippen LogP contribution in [0, 0.1) is 0 Å². The lowest BCUT2D eigenvalue weighted by atomic mass is 10.3. The Balaban J connectivity index is 1.82. The number of nitrogens with one attached hydrogen (secondary N) is 1. The van der Waals surface area contributed by atoms with Crippen LogP contribution < -0.4 is 14.8 Å². The van der Waals surface area contributed by atoms with Crippen LogP contribution in [0.4, 0.5) is 4.79 Å². The van der Waals surface area contributed by atoms with Crippen molar-refractivity contribution in [3.63, 3.8) is 0 Å². The molecule has 0 unspecified atom stereocenters. The van der Waals surface area contributed by atoms with E-state index in [-0.39, 0.29) is 13.2 Å². The van der Waals surface area contributed by atoms with E-state index < -0.39 is 6.09 Å². The zero-order chi connectivity index (χ0) is 14.2. The molecule has 0 fully saturated rings. The molecule has 5 nitrogen and oxygen atoms in total. The normalized spacial score (nSPS) is 9.80. The number of carbonyl (C=O) groups is 1. The molecule has 5 heteroatoms. The first-order chi connectivity index (χ1) is 9.74. The van der Waals surface area contributed by atoms with Gasteiger partial charge < -0.3 is 19.9 Å². The van der Waals surface area contributed by atoms with E-state index in [2.05, 4.69) is 5.32 Å². The smallest absolute Gasteiger partial charge is 0.404 e. The molecule has 0 aliphatic rings. The molecule has 0 spiro atoms. The van der Waals surface area contributed by atoms with E-state index in [0.29, 0.717) is 11.5 Å². The lowest BCUT2D eigenvalue weighted by Gasteiger charge is -2.08. The molecule has 2 N–H and O–H groups in total. The first-order valence-electron chi connectivity index (χ1n) is 6.16. The Labute approximate surface area is 116 Å². The van der Waals surface area contributed by atoms with Gasteiger partial charge in [0.2, 0.25) is 0 Å². The second-order valence-electron chi connectivity index (χ2n) is 3.97. The molecule has 1 amide bonds. The van der Waals surface area contributed by atoms with Crippen LogP contribution in [0.25, 0.3) is 0 Å². The van der Waals surface area contributed by atoms with Gasteiger partial charge in [0, 0.05) is 0 Å². The van der Waals surface area contributed by atoms with E-state index in [0.717, 1.165) is 5.75 Å². The van der Waals surface area contributed by atoms with E-state index in [1.165, 1.54) is 0 Å². The topological polar surface area (TPSA) is 67.8 Å². The Morgan fingerprint density at radius 2 is 1.55 bits per heavy atom. The number of rotatable bonds is 6. The Hall–Kier alpha value is -2.69. The third kappa shape index (κ3) is 4.53. The molecule has 0 aliphatic carbocycles. The van der Waals surface area contributed by atoms with E-state index in [9.17, 15) is 4.79 Å². The maximum atomic E-state index is 10.2. The monoisotopic (exact) mass is 273 g/mol. The second-order valence-corrected chi connectivity index (χ2v) is 3.97. The van der Waals surface area contributed by atoms with Gasteiger partial charge in [-0.2, -0.15) is 0 Å². The molecule has 0 saturated carbocycles. The molecular weight excluding hydrogens is 258 g/mol. The Morgan fingerprint density at radius 3 is 2.20 bits per heavy atom. The molecule has 2 aromatic carbocycles. The van der Waals surface area contributed by atoms with E-state index in [1.807, 2.05) is 30.3 Å². The predicted octanol–water partition coefficient (Wildman–Crippen LogP) is 3.13. The van der Waals surface area contributed by atoms with Crippen molar-refractivity contribution in [2.45, 2.75) is 0 Å². The molecule has 0 saturated heterocycles. The molecule has 20 heavy (non-hydrogen) atoms. The third-order valence-electron chi connectivity index (χ3n) is 2.45. The van der Waals surface area contributed by atoms with Crippen LogP contribution in [0.5, 0.6) is 17.2 Å². The SMILES string of the molecule is O=C(O)NCCOc1ccc(Oc2ccccc2)cc1. The molecule has 0 aromatic heterocycles. The molecule has 0 bridgehead atoms. The number of ether oxygens (including phenoxy) is 2. The fourth-order valence-corrected chi connectivity index (χ4v) is 1.56. The largest absolute Gasteiger partial charge is 0.492 e. The van der Waals surface area contributed by atoms with Crippen molar-refractivity contribution in [3.8, 4) is 17.2 Å². The Kier molecular flexibility index (Phi) is 4.83. The minimum Gasteiger partial charge on any atom is -0.492 e. The first-order valence-corrected chi connectivity index (χ1v) is 6.16. The summed E-state index contributed by atoms with van der Waals surface area (Å²) in [6.45, 7) is 0.531. The van der Waals surface area contributed by atoms with Gasteiger partial charge in [-0.1, -0.05) is 18.2 Å². The lowest BCUT2D eigenvalue weighted by molar-refractivity contribution is 0.191. The summed E-state index contributed by atoms with van der Waals surface area (Å²) >= 11 is 0. The molecule has 0 atom stereocenters. The number of hydrogen-bond donors (Lipinski definition) is 2. The fourth-order valence-electron chi connectivity index (χ4n) is 1.56. The minimum absolute atomic E-state index is 0.248. The van der Waals surface area contributed by atoms with Crippen molar-refractivity contribution < 1.29 is 19.4 Å². The third-order valence-corrected chi connectivity index (χ3v) is 2.45. The molecule has 0 aliphatic heterocycles. The summed E-state index contributed by atoms with van der Waals surface area (Å²) in [5.74, 6) is 2.15. The van der Waals surface area contributed by atoms with Crippen molar-refractivity contribution in [1.29, 1.82) is 0 Å². The molecule has 0 heterocycles. The van der Waals surface area contributed by atoms with Crippen molar-refractivity contribution in [2.75, 3.05) is 13.2 Å². The van der Waals surface area contributed by atoms with Crippen LogP contribution in [0.3, 0.4) is 0 Å². The lowest BCUT2D eigenvalue weighted by Crippen LogP contribution is -2.26. The van der Waals surface area contributed by atoms with Gasteiger partial charge in [-0.05, 0) is 36.4 Å². The standard InChI is InChI=1S/C15H15NO4/c17-15(18)16-10-11-19-12-6-8-14(9-7-12)20-13-4-2-1-3-5-13/h1-9,16H,10-11H2,(H,17,18). The van der Waals surface area contributed by atoms with Crippen LogP contribution in [-0.4, -0.2) is 24.4 Å². The highest BCUT2D eigenvalue weighted by Crippen LogP contribution is 2.23. The van der Waals surface area contributed by atoms with Gasteiger partial charge in [-0.3, -0.25) is 0 Å². The highest BCUT2D eigenvalue weighted by atomic mass is 16.5. The van der Waals surface area contributed by atoms with Crippen molar-refractivity contribution >= 4 is 6.09 Å². The quantitative estimate of drug-likeness (QED) is 0.793. The number of benzene rings is 2. The number of carboxylic acid groups (broad SMARTS) is 1. The van der Waals surface area contributed by atoms with Gasteiger partial charge in [0.25, 0.3) is 0 Å². The second kappa shape index (κ2) is 7.04. The Morgan fingerprint density at radius 1 is 0.950 bits per heavy atom. The van der Waals surface area contributed by atoms with Crippen LogP contribution >= 0.6 is 0 Å². The van der Waals surface area contributed by atoms with E-state index in [1.54, 1.807) is 24.3 Å². The molecule has 2 aromatic rings. The highest BCUT2D eigenvalue weighted by molar-refractivity contribution is 5.64. The zero-order valence-corrected chi connectivity index (χ0v) is 10.8. The summed E-state index contributed by atoms with van der Waals surface area (Å²) in [6.07, 6.45) is -1.06. The van der Waals surface area contributed by atoms with Gasteiger partial charge in [0.15, 0.2) is 0 Å². The number of hydrogen-bond acceptors (Lipinski definition) is 3. The average Bonchev–Trinajstić information content (AvgIpc) is 2.46. The predicted molar refractivity (Wildman–Crippen MR) is 74.5 cm³/mol. The van der Waals surface area contributed by atoms with Crippen LogP contribution in [0.1, 0.15) is 0 Å². The van der Waals surface area contributed by atoms with Gasteiger partial charge in [-0.25, -0.2) is 4.79 Å². The van der Waals surface area contributed by atoms with Gasteiger partial charge >= 0.3 is 6.09 Å². The fraction of sp³-hybridized carbons (Fsp3) is 0.133.